The summed E-state index contributed by atoms with van der Waals surface area (Å²) < 4.78 is 1.86. The Balaban J connectivity index is 1.91. The van der Waals surface area contributed by atoms with Crippen molar-refractivity contribution < 1.29 is 0 Å². The molecule has 4 heteroatoms. The number of benzene rings is 2. The van der Waals surface area contributed by atoms with E-state index in [1.54, 1.807) is 0 Å². The molecule has 0 radical (unpaired) electrons. The van der Waals surface area contributed by atoms with Crippen LogP contribution < -0.4 is 5.73 Å². The number of hydrogen-bond acceptors (Lipinski definition) is 3. The SMILES string of the molecule is Cc1ccc(-c2cc3nc(N)cc(-c4ccc(C)cc4)n3n2)cc1. The molecule has 118 valence electrons. The van der Waals surface area contributed by atoms with Gasteiger partial charge in [-0.1, -0.05) is 59.7 Å². The normalized spacial score (nSPS) is 11.1. The van der Waals surface area contributed by atoms with Gasteiger partial charge in [0.05, 0.1) is 11.4 Å². The Hall–Kier alpha value is -3.14. The minimum Gasteiger partial charge on any atom is -0.384 e. The molecule has 2 heterocycles. The van der Waals surface area contributed by atoms with E-state index in [0.29, 0.717) is 5.82 Å². The quantitative estimate of drug-likeness (QED) is 0.601. The molecular weight excluding hydrogens is 296 g/mol. The first-order valence-corrected chi connectivity index (χ1v) is 7.90. The van der Waals surface area contributed by atoms with E-state index in [4.69, 9.17) is 10.8 Å². The zero-order chi connectivity index (χ0) is 16.7. The van der Waals surface area contributed by atoms with Gasteiger partial charge in [-0.25, -0.2) is 9.50 Å². The van der Waals surface area contributed by atoms with Crippen molar-refractivity contribution in [2.45, 2.75) is 13.8 Å². The second-order valence-electron chi connectivity index (χ2n) is 6.10. The molecule has 0 saturated heterocycles. The second kappa shape index (κ2) is 5.49. The van der Waals surface area contributed by atoms with Gasteiger partial charge in [-0.15, -0.1) is 0 Å². The largest absolute Gasteiger partial charge is 0.384 e. The number of aryl methyl sites for hydroxylation is 2. The summed E-state index contributed by atoms with van der Waals surface area (Å²) >= 11 is 0. The van der Waals surface area contributed by atoms with Crippen LogP contribution in [0.1, 0.15) is 11.1 Å². The van der Waals surface area contributed by atoms with Gasteiger partial charge in [0.2, 0.25) is 0 Å². The van der Waals surface area contributed by atoms with Crippen LogP contribution >= 0.6 is 0 Å². The lowest BCUT2D eigenvalue weighted by molar-refractivity contribution is 0.954. The molecule has 4 aromatic rings. The third-order valence-electron chi connectivity index (χ3n) is 4.14. The highest BCUT2D eigenvalue weighted by Crippen LogP contribution is 2.26. The molecular formula is C20H18N4. The van der Waals surface area contributed by atoms with Crippen molar-refractivity contribution in [2.75, 3.05) is 5.73 Å². The van der Waals surface area contributed by atoms with Crippen molar-refractivity contribution in [3.05, 3.63) is 71.8 Å². The van der Waals surface area contributed by atoms with Gasteiger partial charge >= 0.3 is 0 Å². The standard InChI is InChI=1S/C20H18N4/c1-13-3-7-15(8-4-13)17-11-20-22-19(21)12-18(24(20)23-17)16-9-5-14(2)6-10-16/h3-12H,1-2H3,(H2,21,22). The lowest BCUT2D eigenvalue weighted by Crippen LogP contribution is -2.00. The molecule has 4 rings (SSSR count). The molecule has 2 aromatic carbocycles. The van der Waals surface area contributed by atoms with Crippen molar-refractivity contribution >= 4 is 11.5 Å². The molecule has 0 fully saturated rings. The summed E-state index contributed by atoms with van der Waals surface area (Å²) in [7, 11) is 0. The first-order valence-electron chi connectivity index (χ1n) is 7.90. The van der Waals surface area contributed by atoms with Crippen LogP contribution in [0.25, 0.3) is 28.2 Å². The lowest BCUT2D eigenvalue weighted by Gasteiger charge is -2.06. The Kier molecular flexibility index (Phi) is 3.31. The summed E-state index contributed by atoms with van der Waals surface area (Å²) in [6.07, 6.45) is 0. The second-order valence-corrected chi connectivity index (χ2v) is 6.10. The van der Waals surface area contributed by atoms with Crippen molar-refractivity contribution in [1.29, 1.82) is 0 Å². The van der Waals surface area contributed by atoms with E-state index in [1.807, 2.05) is 16.6 Å². The number of fused-ring (bicyclic) bond motifs is 1. The van der Waals surface area contributed by atoms with Gasteiger partial charge in [0.1, 0.15) is 5.82 Å². The monoisotopic (exact) mass is 314 g/mol. The van der Waals surface area contributed by atoms with Gasteiger partial charge in [0.15, 0.2) is 5.65 Å². The van der Waals surface area contributed by atoms with Gasteiger partial charge in [-0.05, 0) is 13.8 Å². The van der Waals surface area contributed by atoms with E-state index < -0.39 is 0 Å². The summed E-state index contributed by atoms with van der Waals surface area (Å²) in [4.78, 5) is 4.42. The maximum atomic E-state index is 6.01. The van der Waals surface area contributed by atoms with Gasteiger partial charge in [0.25, 0.3) is 0 Å². The summed E-state index contributed by atoms with van der Waals surface area (Å²) in [6.45, 7) is 4.15. The topological polar surface area (TPSA) is 56.2 Å². The molecule has 4 nitrogen and oxygen atoms in total. The van der Waals surface area contributed by atoms with E-state index >= 15 is 0 Å². The summed E-state index contributed by atoms with van der Waals surface area (Å²) in [5.41, 5.74) is 13.2. The lowest BCUT2D eigenvalue weighted by atomic mass is 10.1. The molecule has 0 saturated carbocycles. The molecule has 0 spiro atoms. The fourth-order valence-corrected chi connectivity index (χ4v) is 2.79. The van der Waals surface area contributed by atoms with Crippen molar-refractivity contribution in [1.82, 2.24) is 14.6 Å². The predicted molar refractivity (Wildman–Crippen MR) is 97.7 cm³/mol. The number of nitrogens with two attached hydrogens (primary N) is 1. The highest BCUT2D eigenvalue weighted by molar-refractivity contribution is 5.71. The van der Waals surface area contributed by atoms with E-state index in [2.05, 4.69) is 67.4 Å². The van der Waals surface area contributed by atoms with Crippen molar-refractivity contribution in [3.8, 4) is 22.5 Å². The van der Waals surface area contributed by atoms with Crippen LogP contribution in [0.5, 0.6) is 0 Å². The fraction of sp³-hybridized carbons (Fsp3) is 0.100. The van der Waals surface area contributed by atoms with Crippen LogP contribution in [0.2, 0.25) is 0 Å². The predicted octanol–water partition coefficient (Wildman–Crippen LogP) is 4.26. The molecule has 0 aliphatic heterocycles. The highest BCUT2D eigenvalue weighted by Gasteiger charge is 2.11. The van der Waals surface area contributed by atoms with Crippen LogP contribution in [-0.2, 0) is 0 Å². The fourth-order valence-electron chi connectivity index (χ4n) is 2.79. The third kappa shape index (κ3) is 2.52. The van der Waals surface area contributed by atoms with Gasteiger partial charge in [-0.3, -0.25) is 0 Å². The molecule has 24 heavy (non-hydrogen) atoms. The first kappa shape index (κ1) is 14.5. The molecule has 0 atom stereocenters. The van der Waals surface area contributed by atoms with Gasteiger partial charge in [0, 0.05) is 23.3 Å². The average molecular weight is 314 g/mol. The summed E-state index contributed by atoms with van der Waals surface area (Å²) in [5, 5.41) is 4.75. The van der Waals surface area contributed by atoms with E-state index in [9.17, 15) is 0 Å². The Morgan fingerprint density at radius 2 is 1.38 bits per heavy atom. The van der Waals surface area contributed by atoms with Gasteiger partial charge < -0.3 is 5.73 Å². The highest BCUT2D eigenvalue weighted by atomic mass is 15.3. The van der Waals surface area contributed by atoms with E-state index in [1.165, 1.54) is 11.1 Å². The molecule has 0 aliphatic carbocycles. The van der Waals surface area contributed by atoms with E-state index in [0.717, 1.165) is 28.2 Å². The van der Waals surface area contributed by atoms with Crippen LogP contribution in [0.3, 0.4) is 0 Å². The Morgan fingerprint density at radius 3 is 2.00 bits per heavy atom. The average Bonchev–Trinajstić information content (AvgIpc) is 2.99. The molecule has 2 aromatic heterocycles. The third-order valence-corrected chi connectivity index (χ3v) is 4.14. The molecule has 0 bridgehead atoms. The zero-order valence-corrected chi connectivity index (χ0v) is 13.7. The number of nitrogens with zero attached hydrogens (tertiary/aromatic N) is 3. The maximum absolute atomic E-state index is 6.01. The van der Waals surface area contributed by atoms with Crippen LogP contribution in [0.15, 0.2) is 60.7 Å². The molecule has 0 unspecified atom stereocenters. The number of anilines is 1. The Bertz CT molecular complexity index is 1010. The maximum Gasteiger partial charge on any atom is 0.158 e. The number of nitrogen functional groups attached to an aromatic ring is 1. The molecule has 0 amide bonds. The van der Waals surface area contributed by atoms with E-state index in [-0.39, 0.29) is 0 Å². The number of rotatable bonds is 2. The van der Waals surface area contributed by atoms with Gasteiger partial charge in [-0.2, -0.15) is 5.10 Å². The van der Waals surface area contributed by atoms with Crippen LogP contribution in [0.4, 0.5) is 5.82 Å². The Morgan fingerprint density at radius 1 is 0.792 bits per heavy atom. The van der Waals surface area contributed by atoms with Crippen LogP contribution in [0, 0.1) is 13.8 Å². The molecule has 2 N–H and O–H groups in total. The summed E-state index contributed by atoms with van der Waals surface area (Å²) in [6, 6.07) is 20.5. The Labute approximate surface area is 140 Å². The zero-order valence-electron chi connectivity index (χ0n) is 13.7. The van der Waals surface area contributed by atoms with Crippen molar-refractivity contribution in [2.24, 2.45) is 0 Å². The first-order chi connectivity index (χ1) is 11.6. The number of aromatic nitrogens is 3. The minimum atomic E-state index is 0.494. The molecule has 0 aliphatic rings. The number of hydrogen-bond donors (Lipinski definition) is 1. The van der Waals surface area contributed by atoms with Crippen molar-refractivity contribution in [3.63, 3.8) is 0 Å². The minimum absolute atomic E-state index is 0.494. The smallest absolute Gasteiger partial charge is 0.158 e. The summed E-state index contributed by atoms with van der Waals surface area (Å²) in [5.74, 6) is 0.494. The van der Waals surface area contributed by atoms with Crippen LogP contribution in [-0.4, -0.2) is 14.6 Å².